The number of oxazole rings is 1. The minimum atomic E-state index is -1.39. The Hall–Kier alpha value is -1.57. The van der Waals surface area contributed by atoms with Crippen LogP contribution in [0, 0.1) is 11.8 Å². The van der Waals surface area contributed by atoms with E-state index in [4.69, 9.17) is 4.42 Å². The van der Waals surface area contributed by atoms with Crippen molar-refractivity contribution in [2.75, 3.05) is 31.1 Å². The molecule has 1 aromatic rings. The average Bonchev–Trinajstić information content (AvgIpc) is 3.23. The molecule has 11 nitrogen and oxygen atoms in total. The molecule has 5 rings (SSSR count). The summed E-state index contributed by atoms with van der Waals surface area (Å²) in [5.74, 6) is -2.87. The quantitative estimate of drug-likeness (QED) is 0.296. The minimum Gasteiger partial charge on any atom is -0.543 e. The van der Waals surface area contributed by atoms with Crippen LogP contribution in [0.2, 0.25) is 0 Å². The summed E-state index contributed by atoms with van der Waals surface area (Å²) in [6.07, 6.45) is -0.0422. The molecule has 2 N–H and O–H groups in total. The monoisotopic (exact) mass is 486 g/mol. The predicted octanol–water partition coefficient (Wildman–Crippen LogP) is -4.76. The number of likely N-dealkylation sites (tertiary alicyclic amines) is 1. The molecule has 3 fully saturated rings. The van der Waals surface area contributed by atoms with E-state index in [-0.39, 0.29) is 83.1 Å². The van der Waals surface area contributed by atoms with Gasteiger partial charge in [-0.25, -0.2) is 0 Å². The van der Waals surface area contributed by atoms with Crippen LogP contribution < -0.4 is 39.6 Å². The molecule has 172 valence electrons. The van der Waals surface area contributed by atoms with Gasteiger partial charge in [-0.1, -0.05) is 6.92 Å². The van der Waals surface area contributed by atoms with Crippen LogP contribution in [0.4, 0.5) is 6.01 Å². The largest absolute Gasteiger partial charge is 1.00 e. The van der Waals surface area contributed by atoms with Crippen LogP contribution in [-0.2, 0) is 9.59 Å². The summed E-state index contributed by atoms with van der Waals surface area (Å²) in [4.78, 5) is 45.9. The fourth-order valence-corrected chi connectivity index (χ4v) is 6.32. The molecule has 2 amide bonds. The van der Waals surface area contributed by atoms with Crippen molar-refractivity contribution < 1.29 is 63.7 Å². The first-order valence-electron chi connectivity index (χ1n) is 10.5. The van der Waals surface area contributed by atoms with Crippen molar-refractivity contribution in [1.29, 1.82) is 0 Å². The number of aliphatic hydroxyl groups excluding tert-OH is 2. The number of carboxylic acid groups (broad SMARTS) is 1. The topological polar surface area (TPSA) is 150 Å². The Balaban J connectivity index is 0.00000259. The molecule has 0 unspecified atom stereocenters. The van der Waals surface area contributed by atoms with E-state index < -0.39 is 24.1 Å². The number of nitrogens with zero attached hydrogens (tertiary/aromatic N) is 4. The van der Waals surface area contributed by atoms with Gasteiger partial charge < -0.3 is 39.2 Å². The van der Waals surface area contributed by atoms with Gasteiger partial charge in [-0.3, -0.25) is 9.59 Å². The van der Waals surface area contributed by atoms with Crippen molar-refractivity contribution in [2.24, 2.45) is 11.8 Å². The third kappa shape index (κ3) is 3.90. The number of amides is 2. The summed E-state index contributed by atoms with van der Waals surface area (Å²) in [6, 6.07) is -0.0533. The van der Waals surface area contributed by atoms with E-state index in [9.17, 15) is 29.7 Å². The van der Waals surface area contributed by atoms with Crippen molar-refractivity contribution in [3.63, 3.8) is 0 Å². The Morgan fingerprint density at radius 2 is 1.97 bits per heavy atom. The molecular weight excluding hydrogens is 463 g/mol. The van der Waals surface area contributed by atoms with Crippen molar-refractivity contribution in [3.8, 4) is 0 Å². The Bertz CT molecular complexity index is 1020. The van der Waals surface area contributed by atoms with Crippen LogP contribution in [0.3, 0.4) is 0 Å². The van der Waals surface area contributed by atoms with Crippen LogP contribution >= 0.6 is 11.8 Å². The average molecular weight is 486 g/mol. The number of hydrogen-bond donors (Lipinski definition) is 2. The number of aliphatic carboxylic acids is 1. The number of thioether (sulfide) groups is 1. The van der Waals surface area contributed by atoms with Gasteiger partial charge in [0, 0.05) is 42.3 Å². The number of aromatic nitrogens is 1. The predicted molar refractivity (Wildman–Crippen MR) is 109 cm³/mol. The summed E-state index contributed by atoms with van der Waals surface area (Å²) in [5, 5.41) is 31.1. The first kappa shape index (κ1) is 24.6. The second-order valence-electron chi connectivity index (χ2n) is 8.78. The first-order chi connectivity index (χ1) is 15.2. The fourth-order valence-electron chi connectivity index (χ4n) is 4.81. The second kappa shape index (κ2) is 8.90. The fraction of sp³-hybridized carbons (Fsp3) is 0.600. The maximum absolute atomic E-state index is 12.4. The zero-order valence-corrected chi connectivity index (χ0v) is 21.3. The van der Waals surface area contributed by atoms with Crippen LogP contribution in [-0.4, -0.2) is 92.5 Å². The van der Waals surface area contributed by atoms with Crippen molar-refractivity contribution in [3.05, 3.63) is 22.6 Å². The zero-order chi connectivity index (χ0) is 22.9. The molecule has 13 heteroatoms. The number of aliphatic hydroxyl groups is 2. The number of anilines is 1. The van der Waals surface area contributed by atoms with Crippen LogP contribution in [0.15, 0.2) is 21.3 Å². The number of carbonyl (C=O) groups is 3. The van der Waals surface area contributed by atoms with Gasteiger partial charge >= 0.3 is 29.6 Å². The Morgan fingerprint density at radius 1 is 1.30 bits per heavy atom. The van der Waals surface area contributed by atoms with Crippen molar-refractivity contribution in [2.45, 2.75) is 37.3 Å². The van der Waals surface area contributed by atoms with E-state index in [2.05, 4.69) is 4.98 Å². The van der Waals surface area contributed by atoms with Gasteiger partial charge in [-0.15, -0.1) is 11.8 Å². The zero-order valence-electron chi connectivity index (χ0n) is 18.5. The molecule has 0 saturated carbocycles. The van der Waals surface area contributed by atoms with Gasteiger partial charge in [0.1, 0.15) is 6.26 Å². The molecule has 0 aromatic carbocycles. The summed E-state index contributed by atoms with van der Waals surface area (Å²) < 4.78 is 5.43. The van der Waals surface area contributed by atoms with Crippen LogP contribution in [0.1, 0.15) is 24.3 Å². The maximum Gasteiger partial charge on any atom is 1.00 e. The molecular formula is C20H23N4NaO7S. The molecule has 4 aliphatic rings. The maximum atomic E-state index is 12.4. The molecule has 3 saturated heterocycles. The molecule has 4 atom stereocenters. The summed E-state index contributed by atoms with van der Waals surface area (Å²) in [7, 11) is 0. The van der Waals surface area contributed by atoms with Gasteiger partial charge in [-0.2, -0.15) is 4.98 Å². The first-order valence-corrected chi connectivity index (χ1v) is 11.4. The molecule has 0 spiro atoms. The standard InChI is InChI=1S/C20H24N4O7S.Na/c1-8-14-13(9(2)25)18(28)24(14)15(19(29)30)16(8)32-11-5-23(6-11)20-21-12(7-31-20)17(27)22-3-10(26)4-22;/h7-11,13-14,25-26H,3-6H2,1-2H3,(H,29,30);/q;+1/p-1/t8-,9-,13-,14-;/m1./s1. The van der Waals surface area contributed by atoms with Gasteiger partial charge in [0.15, 0.2) is 5.69 Å². The molecule has 33 heavy (non-hydrogen) atoms. The summed E-state index contributed by atoms with van der Waals surface area (Å²) in [6.45, 7) is 5.06. The number of carboxylic acids is 1. The van der Waals surface area contributed by atoms with E-state index in [0.717, 1.165) is 0 Å². The van der Waals surface area contributed by atoms with Crippen LogP contribution in [0.25, 0.3) is 0 Å². The van der Waals surface area contributed by atoms with Crippen molar-refractivity contribution >= 4 is 35.6 Å². The normalized spacial score (nSPS) is 28.1. The Kier molecular flexibility index (Phi) is 6.62. The van der Waals surface area contributed by atoms with E-state index in [1.807, 2.05) is 11.8 Å². The third-order valence-electron chi connectivity index (χ3n) is 6.57. The number of β-lactam (4-membered cyclic amide) rings is 1. The summed E-state index contributed by atoms with van der Waals surface area (Å²) in [5.41, 5.74) is 0.0926. The molecule has 0 radical (unpaired) electrons. The van der Waals surface area contributed by atoms with Gasteiger partial charge in [0.05, 0.1) is 35.8 Å². The van der Waals surface area contributed by atoms with Gasteiger partial charge in [0.25, 0.3) is 11.9 Å². The number of rotatable bonds is 6. The molecule has 5 heterocycles. The van der Waals surface area contributed by atoms with E-state index in [1.54, 1.807) is 6.92 Å². The van der Waals surface area contributed by atoms with E-state index >= 15 is 0 Å². The molecule has 0 bridgehead atoms. The Morgan fingerprint density at radius 3 is 2.55 bits per heavy atom. The number of β-amino-alcohol motifs (C(OH)–C–C–N with tert-alkyl or cyclic N) is 1. The van der Waals surface area contributed by atoms with E-state index in [1.165, 1.54) is 27.8 Å². The number of fused-ring (bicyclic) bond motifs is 1. The SMILES string of the molecule is C[C@@H](O)[C@H]1C(=O)N2C(C(=O)[O-])=C(SC3CN(c4nc(C(=O)N5CC(O)C5)co4)C3)[C@H](C)[C@H]12.[Na+]. The third-order valence-corrected chi connectivity index (χ3v) is 8.03. The minimum absolute atomic E-state index is 0. The van der Waals surface area contributed by atoms with Crippen molar-refractivity contribution in [1.82, 2.24) is 14.8 Å². The van der Waals surface area contributed by atoms with E-state index in [0.29, 0.717) is 24.0 Å². The Labute approximate surface area is 216 Å². The number of hydrogen-bond acceptors (Lipinski definition) is 10. The number of carbonyl (C=O) groups excluding carboxylic acids is 3. The molecule has 0 aliphatic carbocycles. The smallest absolute Gasteiger partial charge is 0.543 e. The molecule has 1 aromatic heterocycles. The van der Waals surface area contributed by atoms with Gasteiger partial charge in [-0.05, 0) is 6.92 Å². The van der Waals surface area contributed by atoms with Gasteiger partial charge in [0.2, 0.25) is 5.91 Å². The van der Waals surface area contributed by atoms with Crippen LogP contribution in [0.5, 0.6) is 0 Å². The molecule has 4 aliphatic heterocycles. The second-order valence-corrected chi connectivity index (χ2v) is 10.1. The summed E-state index contributed by atoms with van der Waals surface area (Å²) >= 11 is 1.40.